The molecule has 1 N–H and O–H groups in total. The molecule has 2 heterocycles. The molecule has 0 aliphatic rings. The highest BCUT2D eigenvalue weighted by Crippen LogP contribution is 2.32. The Morgan fingerprint density at radius 1 is 1.04 bits per heavy atom. The lowest BCUT2D eigenvalue weighted by atomic mass is 10.1. The van der Waals surface area contributed by atoms with Crippen molar-refractivity contribution in [2.75, 3.05) is 5.32 Å². The first kappa shape index (κ1) is 17.1. The molecule has 0 saturated heterocycles. The number of oxazole rings is 1. The molecule has 2 aromatic heterocycles. The number of carbonyl (C=O) groups is 1. The Labute approximate surface area is 157 Å². The Balaban J connectivity index is 1.52. The number of carbonyl (C=O) groups excluding carboxylic acids is 1. The minimum absolute atomic E-state index is 0.439. The molecule has 1 amide bonds. The normalized spacial score (nSPS) is 10.7. The summed E-state index contributed by atoms with van der Waals surface area (Å²) in [6.45, 7) is 0. The van der Waals surface area contributed by atoms with Crippen molar-refractivity contribution in [3.05, 3.63) is 83.6 Å². The van der Waals surface area contributed by atoms with Crippen LogP contribution in [-0.4, -0.2) is 10.9 Å². The Bertz CT molecular complexity index is 1070. The van der Waals surface area contributed by atoms with Gasteiger partial charge in [0.25, 0.3) is 5.91 Å². The van der Waals surface area contributed by atoms with E-state index in [2.05, 4.69) is 10.3 Å². The van der Waals surface area contributed by atoms with Crippen molar-refractivity contribution < 1.29 is 18.0 Å². The van der Waals surface area contributed by atoms with Crippen LogP contribution in [0.3, 0.4) is 0 Å². The first-order chi connectivity index (χ1) is 13.1. The topological polar surface area (TPSA) is 55.1 Å². The summed E-state index contributed by atoms with van der Waals surface area (Å²) >= 11 is 1.51. The van der Waals surface area contributed by atoms with E-state index in [4.69, 9.17) is 4.42 Å². The summed E-state index contributed by atoms with van der Waals surface area (Å²) in [6, 6.07) is 12.2. The van der Waals surface area contributed by atoms with Gasteiger partial charge in [-0.2, -0.15) is 0 Å². The van der Waals surface area contributed by atoms with Gasteiger partial charge in [0.1, 0.15) is 23.5 Å². The molecule has 0 saturated carbocycles. The van der Waals surface area contributed by atoms with Crippen LogP contribution >= 0.6 is 11.3 Å². The fourth-order valence-corrected chi connectivity index (χ4v) is 3.45. The first-order valence-corrected chi connectivity index (χ1v) is 8.84. The molecule has 0 spiro atoms. The van der Waals surface area contributed by atoms with Gasteiger partial charge in [0.2, 0.25) is 5.89 Å². The molecule has 0 atom stereocenters. The smallest absolute Gasteiger partial charge is 0.261 e. The zero-order valence-corrected chi connectivity index (χ0v) is 14.6. The van der Waals surface area contributed by atoms with E-state index < -0.39 is 23.1 Å². The van der Waals surface area contributed by atoms with Crippen molar-refractivity contribution in [1.82, 2.24) is 4.98 Å². The van der Waals surface area contributed by atoms with Gasteiger partial charge in [-0.3, -0.25) is 4.79 Å². The van der Waals surface area contributed by atoms with Gasteiger partial charge in [-0.1, -0.05) is 18.2 Å². The molecule has 0 fully saturated rings. The highest BCUT2D eigenvalue weighted by Gasteiger charge is 2.17. The first-order valence-electron chi connectivity index (χ1n) is 7.96. The van der Waals surface area contributed by atoms with Crippen LogP contribution in [0.25, 0.3) is 21.9 Å². The molecule has 4 aromatic rings. The minimum Gasteiger partial charge on any atom is -0.444 e. The highest BCUT2D eigenvalue weighted by molar-refractivity contribution is 7.13. The lowest BCUT2D eigenvalue weighted by molar-refractivity contribution is 0.101. The second-order valence-electron chi connectivity index (χ2n) is 5.67. The van der Waals surface area contributed by atoms with Crippen molar-refractivity contribution in [2.24, 2.45) is 0 Å². The number of thiophene rings is 1. The lowest BCUT2D eigenvalue weighted by Crippen LogP contribution is -2.15. The molecule has 0 aliphatic carbocycles. The minimum atomic E-state index is -0.901. The molecule has 0 radical (unpaired) electrons. The third-order valence-corrected chi connectivity index (χ3v) is 4.83. The lowest BCUT2D eigenvalue weighted by Gasteiger charge is -2.08. The number of hydrogen-bond donors (Lipinski definition) is 1. The van der Waals surface area contributed by atoms with Gasteiger partial charge in [0.15, 0.2) is 0 Å². The largest absolute Gasteiger partial charge is 0.444 e. The van der Waals surface area contributed by atoms with Gasteiger partial charge >= 0.3 is 0 Å². The van der Waals surface area contributed by atoms with Gasteiger partial charge in [-0.15, -0.1) is 11.3 Å². The summed E-state index contributed by atoms with van der Waals surface area (Å²) in [7, 11) is 0. The van der Waals surface area contributed by atoms with E-state index >= 15 is 0 Å². The number of rotatable bonds is 4. The quantitative estimate of drug-likeness (QED) is 0.500. The number of aromatic nitrogens is 1. The van der Waals surface area contributed by atoms with Crippen molar-refractivity contribution in [2.45, 2.75) is 0 Å². The zero-order valence-electron chi connectivity index (χ0n) is 13.8. The Hall–Kier alpha value is -3.32. The third kappa shape index (κ3) is 3.50. The summed E-state index contributed by atoms with van der Waals surface area (Å²) in [6.07, 6.45) is 3.11. The van der Waals surface area contributed by atoms with Crippen LogP contribution in [0, 0.1) is 11.6 Å². The number of halogens is 2. The van der Waals surface area contributed by atoms with Crippen LogP contribution in [0.2, 0.25) is 0 Å². The van der Waals surface area contributed by atoms with Crippen LogP contribution in [0.15, 0.2) is 70.8 Å². The van der Waals surface area contributed by atoms with E-state index in [1.165, 1.54) is 23.7 Å². The van der Waals surface area contributed by atoms with Crippen LogP contribution < -0.4 is 5.32 Å². The third-order valence-electron chi connectivity index (χ3n) is 3.91. The molecule has 0 unspecified atom stereocenters. The summed E-state index contributed by atoms with van der Waals surface area (Å²) < 4.78 is 32.7. The second-order valence-corrected chi connectivity index (χ2v) is 6.58. The molecule has 4 rings (SSSR count). The Morgan fingerprint density at radius 2 is 1.78 bits per heavy atom. The van der Waals surface area contributed by atoms with Gasteiger partial charge in [-0.25, -0.2) is 13.8 Å². The van der Waals surface area contributed by atoms with Gasteiger partial charge < -0.3 is 9.73 Å². The SMILES string of the molecule is O=C(Nc1ccc(-c2csc(-c3ncco3)c2)cc1)c1c(F)cccc1F. The summed E-state index contributed by atoms with van der Waals surface area (Å²) in [5.41, 5.74) is 1.75. The molecule has 4 nitrogen and oxygen atoms in total. The predicted molar refractivity (Wildman–Crippen MR) is 99.6 cm³/mol. The molecule has 134 valence electrons. The van der Waals surface area contributed by atoms with E-state index in [1.54, 1.807) is 18.3 Å². The molecule has 7 heteroatoms. The van der Waals surface area contributed by atoms with E-state index in [9.17, 15) is 13.6 Å². The van der Waals surface area contributed by atoms with Crippen LogP contribution in [-0.2, 0) is 0 Å². The van der Waals surface area contributed by atoms with Crippen molar-refractivity contribution in [1.29, 1.82) is 0 Å². The van der Waals surface area contributed by atoms with Crippen LogP contribution in [0.1, 0.15) is 10.4 Å². The predicted octanol–water partition coefficient (Wildman–Crippen LogP) is 5.60. The van der Waals surface area contributed by atoms with E-state index in [-0.39, 0.29) is 0 Å². The van der Waals surface area contributed by atoms with E-state index in [0.29, 0.717) is 11.6 Å². The zero-order chi connectivity index (χ0) is 18.8. The summed E-state index contributed by atoms with van der Waals surface area (Å²) in [4.78, 5) is 17.2. The Morgan fingerprint density at radius 3 is 2.44 bits per heavy atom. The standard InChI is InChI=1S/C20H12F2N2O2S/c21-15-2-1-3-16(22)18(15)19(25)24-14-6-4-12(5-7-14)13-10-17(27-11-13)20-23-8-9-26-20/h1-11H,(H,24,25). The fourth-order valence-electron chi connectivity index (χ4n) is 2.60. The average molecular weight is 382 g/mol. The van der Waals surface area contributed by atoms with Crippen LogP contribution in [0.4, 0.5) is 14.5 Å². The van der Waals surface area contributed by atoms with Crippen molar-refractivity contribution >= 4 is 22.9 Å². The maximum Gasteiger partial charge on any atom is 0.261 e. The number of hydrogen-bond acceptors (Lipinski definition) is 4. The number of benzene rings is 2. The average Bonchev–Trinajstić information content (AvgIpc) is 3.34. The highest BCUT2D eigenvalue weighted by atomic mass is 32.1. The maximum atomic E-state index is 13.7. The van der Waals surface area contributed by atoms with E-state index in [0.717, 1.165) is 28.1 Å². The molecule has 2 aromatic carbocycles. The van der Waals surface area contributed by atoms with Crippen molar-refractivity contribution in [3.63, 3.8) is 0 Å². The number of nitrogens with one attached hydrogen (secondary N) is 1. The van der Waals surface area contributed by atoms with E-state index in [1.807, 2.05) is 23.6 Å². The number of nitrogens with zero attached hydrogens (tertiary/aromatic N) is 1. The molecular weight excluding hydrogens is 370 g/mol. The molecular formula is C20H12F2N2O2S. The molecule has 27 heavy (non-hydrogen) atoms. The van der Waals surface area contributed by atoms with Gasteiger partial charge in [-0.05, 0) is 46.8 Å². The Kier molecular flexibility index (Phi) is 4.52. The van der Waals surface area contributed by atoms with Crippen molar-refractivity contribution in [3.8, 4) is 21.9 Å². The second kappa shape index (κ2) is 7.13. The van der Waals surface area contributed by atoms with Crippen LogP contribution in [0.5, 0.6) is 0 Å². The van der Waals surface area contributed by atoms with Gasteiger partial charge in [0, 0.05) is 5.69 Å². The monoisotopic (exact) mass is 382 g/mol. The fraction of sp³-hybridized carbons (Fsp3) is 0. The number of anilines is 1. The summed E-state index contributed by atoms with van der Waals surface area (Å²) in [5, 5.41) is 4.48. The molecule has 0 aliphatic heterocycles. The number of amides is 1. The maximum absolute atomic E-state index is 13.7. The summed E-state index contributed by atoms with van der Waals surface area (Å²) in [5.74, 6) is -2.08. The van der Waals surface area contributed by atoms with Gasteiger partial charge in [0.05, 0.1) is 11.1 Å². The molecule has 0 bridgehead atoms.